The number of nitrogens with two attached hydrogens (primary N) is 1. The first kappa shape index (κ1) is 11.7. The zero-order valence-corrected chi connectivity index (χ0v) is 7.54. The average Bonchev–Trinajstić information content (AvgIpc) is 2.00. The van der Waals surface area contributed by atoms with E-state index in [9.17, 15) is 4.79 Å². The van der Waals surface area contributed by atoms with Crippen molar-refractivity contribution in [1.82, 2.24) is 0 Å². The Bertz CT molecular complexity index is 162. The van der Waals surface area contributed by atoms with Gasteiger partial charge in [-0.25, -0.2) is 0 Å². The average molecular weight is 195 g/mol. The van der Waals surface area contributed by atoms with Gasteiger partial charge in [0.05, 0.1) is 0 Å². The van der Waals surface area contributed by atoms with Crippen molar-refractivity contribution in [2.75, 3.05) is 5.75 Å². The molecule has 0 amide bonds. The van der Waals surface area contributed by atoms with Gasteiger partial charge in [0.1, 0.15) is 6.04 Å². The van der Waals surface area contributed by atoms with Crippen LogP contribution in [0.2, 0.25) is 0 Å². The van der Waals surface area contributed by atoms with Crippen LogP contribution in [0.5, 0.6) is 0 Å². The number of rotatable bonds is 5. The summed E-state index contributed by atoms with van der Waals surface area (Å²) in [6, 6.07) is -1.06. The molecule has 0 spiro atoms. The van der Waals surface area contributed by atoms with Crippen molar-refractivity contribution in [2.45, 2.75) is 24.5 Å². The van der Waals surface area contributed by atoms with Crippen molar-refractivity contribution in [3.8, 4) is 0 Å². The minimum absolute atomic E-state index is 0.0177. The molecule has 1 unspecified atom stereocenters. The van der Waals surface area contributed by atoms with Crippen molar-refractivity contribution < 1.29 is 20.1 Å². The van der Waals surface area contributed by atoms with Crippen LogP contribution in [0.3, 0.4) is 0 Å². The molecule has 0 aromatic heterocycles. The van der Waals surface area contributed by atoms with Crippen LogP contribution in [0.4, 0.5) is 0 Å². The van der Waals surface area contributed by atoms with Gasteiger partial charge in [-0.3, -0.25) is 4.79 Å². The van der Waals surface area contributed by atoms with Crippen molar-refractivity contribution in [3.05, 3.63) is 0 Å². The number of hydrogen-bond donors (Lipinski definition) is 4. The number of carboxylic acids is 1. The highest BCUT2D eigenvalue weighted by Gasteiger charge is 2.23. The van der Waals surface area contributed by atoms with Crippen molar-refractivity contribution in [1.29, 1.82) is 0 Å². The van der Waals surface area contributed by atoms with Crippen LogP contribution in [-0.2, 0) is 4.79 Å². The monoisotopic (exact) mass is 195 g/mol. The molecule has 5 nitrogen and oxygen atoms in total. The van der Waals surface area contributed by atoms with E-state index in [1.54, 1.807) is 6.92 Å². The number of aliphatic carboxylic acids is 1. The van der Waals surface area contributed by atoms with Gasteiger partial charge < -0.3 is 21.1 Å². The summed E-state index contributed by atoms with van der Waals surface area (Å²) in [5.74, 6) is -1.16. The predicted octanol–water partition coefficient (Wildman–Crippen LogP) is -0.820. The first-order valence-electron chi connectivity index (χ1n) is 3.46. The summed E-state index contributed by atoms with van der Waals surface area (Å²) in [6.07, 6.45) is 0.129. The van der Waals surface area contributed by atoms with Crippen LogP contribution in [0, 0.1) is 0 Å². The van der Waals surface area contributed by atoms with Crippen molar-refractivity contribution in [2.24, 2.45) is 5.73 Å². The summed E-state index contributed by atoms with van der Waals surface area (Å²) in [5, 5.41) is 24.5. The Morgan fingerprint density at radius 1 is 1.67 bits per heavy atom. The third-order valence-corrected chi connectivity index (χ3v) is 2.55. The summed E-state index contributed by atoms with van der Waals surface area (Å²) in [7, 11) is 0. The maximum Gasteiger partial charge on any atom is 0.321 e. The first-order chi connectivity index (χ1) is 5.39. The lowest BCUT2D eigenvalue weighted by atomic mass is 10.4. The summed E-state index contributed by atoms with van der Waals surface area (Å²) < 4.78 is 0. The molecule has 0 aliphatic rings. The third kappa shape index (κ3) is 4.55. The zero-order chi connectivity index (χ0) is 9.78. The number of carbonyl (C=O) groups is 1. The number of carboxylic acid groups (broad SMARTS) is 1. The molecule has 0 rings (SSSR count). The standard InChI is InChI=1S/C6H13NO4S/c1-2-6(10,11)12-3-4(7)5(8)9/h4,10-11H,2-3,7H2,1H3,(H,8,9). The number of aliphatic hydroxyl groups is 2. The lowest BCUT2D eigenvalue weighted by molar-refractivity contribution is -0.137. The highest BCUT2D eigenvalue weighted by Crippen LogP contribution is 2.22. The molecule has 0 bridgehead atoms. The molecular weight excluding hydrogens is 182 g/mol. The highest BCUT2D eigenvalue weighted by molar-refractivity contribution is 8.00. The molecule has 5 N–H and O–H groups in total. The Morgan fingerprint density at radius 3 is 2.50 bits per heavy atom. The molecule has 0 saturated heterocycles. The van der Waals surface area contributed by atoms with Gasteiger partial charge >= 0.3 is 5.97 Å². The van der Waals surface area contributed by atoms with E-state index < -0.39 is 17.1 Å². The van der Waals surface area contributed by atoms with Gasteiger partial charge in [0, 0.05) is 12.2 Å². The molecule has 12 heavy (non-hydrogen) atoms. The van der Waals surface area contributed by atoms with Gasteiger partial charge in [-0.2, -0.15) is 0 Å². The molecule has 0 fully saturated rings. The molecule has 0 saturated carbocycles. The second-order valence-electron chi connectivity index (χ2n) is 2.35. The SMILES string of the molecule is CCC(O)(O)SCC(N)C(=O)O. The molecule has 0 aromatic carbocycles. The van der Waals surface area contributed by atoms with E-state index in [-0.39, 0.29) is 12.2 Å². The Kier molecular flexibility index (Phi) is 4.54. The Hall–Kier alpha value is -0.300. The topological polar surface area (TPSA) is 104 Å². The molecule has 0 heterocycles. The predicted molar refractivity (Wildman–Crippen MR) is 45.5 cm³/mol. The normalized spacial score (nSPS) is 14.3. The van der Waals surface area contributed by atoms with Crippen molar-refractivity contribution in [3.63, 3.8) is 0 Å². The smallest absolute Gasteiger partial charge is 0.321 e. The molecule has 72 valence electrons. The second-order valence-corrected chi connectivity index (χ2v) is 3.63. The first-order valence-corrected chi connectivity index (χ1v) is 4.44. The van der Waals surface area contributed by atoms with E-state index in [0.717, 1.165) is 11.8 Å². The number of hydrogen-bond acceptors (Lipinski definition) is 5. The maximum atomic E-state index is 10.2. The van der Waals surface area contributed by atoms with Crippen LogP contribution in [0.25, 0.3) is 0 Å². The Morgan fingerprint density at radius 2 is 2.17 bits per heavy atom. The van der Waals surface area contributed by atoms with Gasteiger partial charge in [0.25, 0.3) is 0 Å². The van der Waals surface area contributed by atoms with Gasteiger partial charge in [-0.05, 0) is 0 Å². The maximum absolute atomic E-state index is 10.2. The van der Waals surface area contributed by atoms with E-state index in [1.165, 1.54) is 0 Å². The van der Waals surface area contributed by atoms with Gasteiger partial charge in [0.15, 0.2) is 0 Å². The minimum Gasteiger partial charge on any atom is -0.480 e. The molecule has 0 aliphatic carbocycles. The van der Waals surface area contributed by atoms with E-state index >= 15 is 0 Å². The van der Waals surface area contributed by atoms with Gasteiger partial charge in [0.2, 0.25) is 5.12 Å². The Labute approximate surface area is 74.6 Å². The molecular formula is C6H13NO4S. The van der Waals surface area contributed by atoms with Crippen LogP contribution < -0.4 is 5.73 Å². The van der Waals surface area contributed by atoms with E-state index in [0.29, 0.717) is 0 Å². The second kappa shape index (κ2) is 4.66. The number of thioether (sulfide) groups is 1. The lowest BCUT2D eigenvalue weighted by Gasteiger charge is -2.19. The summed E-state index contributed by atoms with van der Waals surface area (Å²) in [5.41, 5.74) is 5.14. The van der Waals surface area contributed by atoms with Crippen LogP contribution >= 0.6 is 11.8 Å². The summed E-state index contributed by atoms with van der Waals surface area (Å²) in [6.45, 7) is 1.58. The minimum atomic E-state index is -1.87. The van der Waals surface area contributed by atoms with Gasteiger partial charge in [-0.15, -0.1) is 0 Å². The fraction of sp³-hybridized carbons (Fsp3) is 0.833. The van der Waals surface area contributed by atoms with Gasteiger partial charge in [-0.1, -0.05) is 18.7 Å². The fourth-order valence-corrected chi connectivity index (χ4v) is 1.19. The highest BCUT2D eigenvalue weighted by atomic mass is 32.2. The molecule has 0 aromatic rings. The summed E-state index contributed by atoms with van der Waals surface area (Å²) >= 11 is 0.720. The van der Waals surface area contributed by atoms with E-state index in [2.05, 4.69) is 0 Å². The third-order valence-electron chi connectivity index (χ3n) is 1.27. The molecule has 6 heteroatoms. The van der Waals surface area contributed by atoms with Crippen LogP contribution in [0.1, 0.15) is 13.3 Å². The molecule has 0 radical (unpaired) electrons. The van der Waals surface area contributed by atoms with E-state index in [1.807, 2.05) is 0 Å². The van der Waals surface area contributed by atoms with Crippen molar-refractivity contribution >= 4 is 17.7 Å². The van der Waals surface area contributed by atoms with Crippen LogP contribution in [0.15, 0.2) is 0 Å². The fourth-order valence-electron chi connectivity index (χ4n) is 0.397. The zero-order valence-electron chi connectivity index (χ0n) is 6.73. The largest absolute Gasteiger partial charge is 0.480 e. The lowest BCUT2D eigenvalue weighted by Crippen LogP contribution is -2.35. The molecule has 0 aliphatic heterocycles. The quantitative estimate of drug-likeness (QED) is 0.427. The van der Waals surface area contributed by atoms with E-state index in [4.69, 9.17) is 21.1 Å². The van der Waals surface area contributed by atoms with Crippen LogP contribution in [-0.4, -0.2) is 38.2 Å². The summed E-state index contributed by atoms with van der Waals surface area (Å²) in [4.78, 5) is 10.2. The Balaban J connectivity index is 3.75. The molecule has 1 atom stereocenters.